The summed E-state index contributed by atoms with van der Waals surface area (Å²) < 4.78 is 6.79. The van der Waals surface area contributed by atoms with Crippen LogP contribution in [0, 0.1) is 6.92 Å². The van der Waals surface area contributed by atoms with E-state index in [1.165, 1.54) is 15.7 Å². The van der Waals surface area contributed by atoms with E-state index in [1.807, 2.05) is 7.05 Å². The summed E-state index contributed by atoms with van der Waals surface area (Å²) in [5, 5.41) is 3.22. The molecule has 4 heteroatoms. The van der Waals surface area contributed by atoms with Gasteiger partial charge in [-0.15, -0.1) is 0 Å². The van der Waals surface area contributed by atoms with Gasteiger partial charge in [-0.1, -0.05) is 6.07 Å². The minimum atomic E-state index is 0.463. The van der Waals surface area contributed by atoms with Gasteiger partial charge in [0.2, 0.25) is 0 Å². The number of morpholine rings is 1. The zero-order valence-corrected chi connectivity index (χ0v) is 12.7. The van der Waals surface area contributed by atoms with Gasteiger partial charge in [-0.25, -0.2) is 0 Å². The number of aryl methyl sites for hydroxylation is 1. The Kier molecular flexibility index (Phi) is 5.03. The van der Waals surface area contributed by atoms with Crippen LogP contribution in [0.5, 0.6) is 0 Å². The van der Waals surface area contributed by atoms with Gasteiger partial charge in [0.1, 0.15) is 0 Å². The number of ether oxygens (including phenoxy) is 1. The van der Waals surface area contributed by atoms with Crippen LogP contribution in [0.25, 0.3) is 0 Å². The average Bonchev–Trinajstić information content (AvgIpc) is 2.37. The van der Waals surface area contributed by atoms with Crippen molar-refractivity contribution < 1.29 is 4.74 Å². The van der Waals surface area contributed by atoms with Crippen LogP contribution in [0.1, 0.15) is 12.0 Å². The van der Waals surface area contributed by atoms with E-state index in [9.17, 15) is 0 Å². The molecule has 1 aromatic rings. The summed E-state index contributed by atoms with van der Waals surface area (Å²) >= 11 is 3.68. The Labute approximate surface area is 118 Å². The first kappa shape index (κ1) is 13.8. The maximum Gasteiger partial charge on any atom is 0.0671 e. The Morgan fingerprint density at radius 3 is 3.06 bits per heavy atom. The minimum absolute atomic E-state index is 0.463. The lowest BCUT2D eigenvalue weighted by Crippen LogP contribution is -2.46. The molecule has 100 valence electrons. The van der Waals surface area contributed by atoms with E-state index in [0.29, 0.717) is 6.04 Å². The summed E-state index contributed by atoms with van der Waals surface area (Å²) in [5.74, 6) is 0. The van der Waals surface area contributed by atoms with Crippen LogP contribution in [-0.2, 0) is 4.74 Å². The van der Waals surface area contributed by atoms with E-state index in [0.717, 1.165) is 32.7 Å². The number of halogens is 1. The molecule has 1 aliphatic rings. The highest BCUT2D eigenvalue weighted by atomic mass is 79.9. The van der Waals surface area contributed by atoms with Crippen LogP contribution in [0.4, 0.5) is 5.69 Å². The van der Waals surface area contributed by atoms with E-state index in [-0.39, 0.29) is 0 Å². The van der Waals surface area contributed by atoms with Gasteiger partial charge in [0.15, 0.2) is 0 Å². The molecule has 1 atom stereocenters. The van der Waals surface area contributed by atoms with Gasteiger partial charge in [0.25, 0.3) is 0 Å². The molecule has 1 aliphatic heterocycles. The molecule has 0 aliphatic carbocycles. The number of benzene rings is 1. The predicted molar refractivity (Wildman–Crippen MR) is 79.4 cm³/mol. The highest BCUT2D eigenvalue weighted by Gasteiger charge is 2.24. The van der Waals surface area contributed by atoms with Crippen molar-refractivity contribution in [2.45, 2.75) is 19.4 Å². The molecule has 1 fully saturated rings. The van der Waals surface area contributed by atoms with E-state index in [1.54, 1.807) is 0 Å². The molecule has 0 bridgehead atoms. The Hall–Kier alpha value is -0.580. The largest absolute Gasteiger partial charge is 0.377 e. The number of anilines is 1. The zero-order valence-electron chi connectivity index (χ0n) is 11.1. The van der Waals surface area contributed by atoms with Crippen molar-refractivity contribution in [3.05, 3.63) is 28.2 Å². The summed E-state index contributed by atoms with van der Waals surface area (Å²) in [6.45, 7) is 5.74. The van der Waals surface area contributed by atoms with Crippen molar-refractivity contribution in [2.75, 3.05) is 38.3 Å². The van der Waals surface area contributed by atoms with Gasteiger partial charge >= 0.3 is 0 Å². The number of rotatable bonds is 4. The third-order valence-corrected chi connectivity index (χ3v) is 4.00. The molecule has 1 heterocycles. The van der Waals surface area contributed by atoms with Crippen molar-refractivity contribution in [1.82, 2.24) is 5.32 Å². The molecule has 0 radical (unpaired) electrons. The quantitative estimate of drug-likeness (QED) is 0.925. The average molecular weight is 313 g/mol. The lowest BCUT2D eigenvalue weighted by molar-refractivity contribution is 0.0916. The number of hydrogen-bond acceptors (Lipinski definition) is 3. The van der Waals surface area contributed by atoms with Gasteiger partial charge in [-0.3, -0.25) is 0 Å². The Balaban J connectivity index is 2.16. The fourth-order valence-electron chi connectivity index (χ4n) is 2.37. The smallest absolute Gasteiger partial charge is 0.0671 e. The van der Waals surface area contributed by atoms with E-state index < -0.39 is 0 Å². The zero-order chi connectivity index (χ0) is 13.0. The van der Waals surface area contributed by atoms with Crippen LogP contribution in [-0.4, -0.2) is 39.4 Å². The first-order chi connectivity index (χ1) is 8.72. The summed E-state index contributed by atoms with van der Waals surface area (Å²) in [6, 6.07) is 7.02. The van der Waals surface area contributed by atoms with Crippen molar-refractivity contribution in [1.29, 1.82) is 0 Å². The van der Waals surface area contributed by atoms with E-state index >= 15 is 0 Å². The highest BCUT2D eigenvalue weighted by Crippen LogP contribution is 2.30. The van der Waals surface area contributed by atoms with Crippen LogP contribution in [0.15, 0.2) is 22.7 Å². The predicted octanol–water partition coefficient (Wildman–Crippen LogP) is 2.57. The van der Waals surface area contributed by atoms with Crippen LogP contribution < -0.4 is 10.2 Å². The van der Waals surface area contributed by atoms with Crippen molar-refractivity contribution >= 4 is 21.6 Å². The van der Waals surface area contributed by atoms with Crippen molar-refractivity contribution in [2.24, 2.45) is 0 Å². The second-order valence-electron chi connectivity index (χ2n) is 4.77. The Morgan fingerprint density at radius 2 is 2.33 bits per heavy atom. The third kappa shape index (κ3) is 3.25. The number of hydrogen-bond donors (Lipinski definition) is 1. The Morgan fingerprint density at radius 1 is 1.50 bits per heavy atom. The first-order valence-corrected chi connectivity index (χ1v) is 7.27. The molecule has 0 amide bonds. The molecule has 1 saturated heterocycles. The number of nitrogens with one attached hydrogen (secondary N) is 1. The van der Waals surface area contributed by atoms with Crippen LogP contribution in [0.3, 0.4) is 0 Å². The third-order valence-electron chi connectivity index (χ3n) is 3.37. The maximum absolute atomic E-state index is 5.61. The summed E-state index contributed by atoms with van der Waals surface area (Å²) in [6.07, 6.45) is 1.11. The van der Waals surface area contributed by atoms with Gasteiger partial charge < -0.3 is 15.0 Å². The minimum Gasteiger partial charge on any atom is -0.377 e. The molecule has 2 rings (SSSR count). The molecule has 0 saturated carbocycles. The monoisotopic (exact) mass is 312 g/mol. The molecule has 1 aromatic carbocycles. The summed E-state index contributed by atoms with van der Waals surface area (Å²) in [7, 11) is 2.00. The molecular formula is C14H21BrN2O. The molecule has 0 aromatic heterocycles. The SMILES string of the molecule is CNCCC1COCCN1c1ccc(C)cc1Br. The molecule has 1 N–H and O–H groups in total. The van der Waals surface area contributed by atoms with Gasteiger partial charge in [-0.2, -0.15) is 0 Å². The summed E-state index contributed by atoms with van der Waals surface area (Å²) in [5.41, 5.74) is 2.57. The highest BCUT2D eigenvalue weighted by molar-refractivity contribution is 9.10. The molecule has 3 nitrogen and oxygen atoms in total. The second-order valence-corrected chi connectivity index (χ2v) is 5.62. The fourth-order valence-corrected chi connectivity index (χ4v) is 3.09. The molecule has 18 heavy (non-hydrogen) atoms. The van der Waals surface area contributed by atoms with Gasteiger partial charge in [0.05, 0.1) is 24.9 Å². The Bertz CT molecular complexity index is 397. The molecule has 0 spiro atoms. The molecular weight excluding hydrogens is 292 g/mol. The van der Waals surface area contributed by atoms with E-state index in [2.05, 4.69) is 51.3 Å². The van der Waals surface area contributed by atoms with Crippen molar-refractivity contribution in [3.63, 3.8) is 0 Å². The fraction of sp³-hybridized carbons (Fsp3) is 0.571. The standard InChI is InChI=1S/C14H21BrN2O/c1-11-3-4-14(13(15)9-11)17-7-8-18-10-12(17)5-6-16-2/h3-4,9,12,16H,5-8,10H2,1-2H3. The van der Waals surface area contributed by atoms with Crippen molar-refractivity contribution in [3.8, 4) is 0 Å². The lowest BCUT2D eigenvalue weighted by atomic mass is 10.1. The second kappa shape index (κ2) is 6.55. The molecule has 1 unspecified atom stereocenters. The first-order valence-electron chi connectivity index (χ1n) is 6.47. The number of nitrogens with zero attached hydrogens (tertiary/aromatic N) is 1. The van der Waals surface area contributed by atoms with E-state index in [4.69, 9.17) is 4.74 Å². The van der Waals surface area contributed by atoms with Gasteiger partial charge in [0, 0.05) is 11.0 Å². The topological polar surface area (TPSA) is 24.5 Å². The maximum atomic E-state index is 5.61. The lowest BCUT2D eigenvalue weighted by Gasteiger charge is -2.38. The summed E-state index contributed by atoms with van der Waals surface area (Å²) in [4.78, 5) is 2.46. The normalized spacial score (nSPS) is 20.2. The van der Waals surface area contributed by atoms with Crippen LogP contribution in [0.2, 0.25) is 0 Å². The van der Waals surface area contributed by atoms with Crippen LogP contribution >= 0.6 is 15.9 Å². The van der Waals surface area contributed by atoms with Gasteiger partial charge in [-0.05, 0) is 60.6 Å².